The van der Waals surface area contributed by atoms with Crippen LogP contribution >= 0.6 is 0 Å². The summed E-state index contributed by atoms with van der Waals surface area (Å²) in [6, 6.07) is 15.8. The second-order valence-electron chi connectivity index (χ2n) is 5.17. The second kappa shape index (κ2) is 7.48. The van der Waals surface area contributed by atoms with E-state index < -0.39 is 0 Å². The van der Waals surface area contributed by atoms with E-state index in [9.17, 15) is 4.79 Å². The molecular weight excluding hydrogens is 260 g/mol. The molecule has 21 heavy (non-hydrogen) atoms. The van der Waals surface area contributed by atoms with E-state index in [2.05, 4.69) is 36.6 Å². The van der Waals surface area contributed by atoms with Crippen LogP contribution in [0, 0.1) is 6.92 Å². The molecule has 2 aromatic carbocycles. The van der Waals surface area contributed by atoms with Crippen LogP contribution in [0.15, 0.2) is 48.5 Å². The molecule has 0 spiro atoms. The molecule has 0 aliphatic heterocycles. The Bertz CT molecular complexity index is 573. The maximum absolute atomic E-state index is 12.1. The first-order chi connectivity index (χ1) is 10.2. The maximum Gasteiger partial charge on any atom is 0.251 e. The molecule has 2 aromatic rings. The molecule has 2 rings (SSSR count). The van der Waals surface area contributed by atoms with Crippen molar-refractivity contribution in [1.82, 2.24) is 5.32 Å². The minimum atomic E-state index is -0.0439. The molecule has 3 heteroatoms. The van der Waals surface area contributed by atoms with Gasteiger partial charge >= 0.3 is 0 Å². The summed E-state index contributed by atoms with van der Waals surface area (Å²) >= 11 is 0. The monoisotopic (exact) mass is 282 g/mol. The highest BCUT2D eigenvalue weighted by Gasteiger charge is 2.05. The fourth-order valence-electron chi connectivity index (χ4n) is 2.00. The van der Waals surface area contributed by atoms with Gasteiger partial charge in [-0.25, -0.2) is 0 Å². The SMILES string of the molecule is CCCNc1ccc(C(=O)NCc2ccc(C)cc2)cc1. The predicted molar refractivity (Wildman–Crippen MR) is 87.6 cm³/mol. The van der Waals surface area contributed by atoms with E-state index in [4.69, 9.17) is 0 Å². The molecule has 0 heterocycles. The van der Waals surface area contributed by atoms with E-state index in [0.29, 0.717) is 12.1 Å². The van der Waals surface area contributed by atoms with Gasteiger partial charge in [0.25, 0.3) is 5.91 Å². The lowest BCUT2D eigenvalue weighted by Gasteiger charge is -2.08. The summed E-state index contributed by atoms with van der Waals surface area (Å²) in [4.78, 5) is 12.1. The summed E-state index contributed by atoms with van der Waals surface area (Å²) in [6.45, 7) is 5.67. The molecule has 0 radical (unpaired) electrons. The van der Waals surface area contributed by atoms with Gasteiger partial charge in [0.15, 0.2) is 0 Å². The molecule has 3 nitrogen and oxygen atoms in total. The average Bonchev–Trinajstić information content (AvgIpc) is 2.52. The van der Waals surface area contributed by atoms with E-state index in [-0.39, 0.29) is 5.91 Å². The van der Waals surface area contributed by atoms with E-state index >= 15 is 0 Å². The van der Waals surface area contributed by atoms with Gasteiger partial charge in [-0.2, -0.15) is 0 Å². The highest BCUT2D eigenvalue weighted by molar-refractivity contribution is 5.94. The largest absolute Gasteiger partial charge is 0.385 e. The molecule has 0 fully saturated rings. The lowest BCUT2D eigenvalue weighted by Crippen LogP contribution is -2.22. The van der Waals surface area contributed by atoms with Gasteiger partial charge in [0, 0.05) is 24.3 Å². The van der Waals surface area contributed by atoms with Crippen LogP contribution in [0.5, 0.6) is 0 Å². The van der Waals surface area contributed by atoms with Gasteiger partial charge in [-0.05, 0) is 43.2 Å². The van der Waals surface area contributed by atoms with Gasteiger partial charge in [-0.3, -0.25) is 4.79 Å². The van der Waals surface area contributed by atoms with Crippen LogP contribution in [0.4, 0.5) is 5.69 Å². The molecular formula is C18H22N2O. The lowest BCUT2D eigenvalue weighted by atomic mass is 10.1. The number of rotatable bonds is 6. The first-order valence-corrected chi connectivity index (χ1v) is 7.36. The van der Waals surface area contributed by atoms with Crippen molar-refractivity contribution >= 4 is 11.6 Å². The first kappa shape index (κ1) is 15.1. The molecule has 110 valence electrons. The third kappa shape index (κ3) is 4.63. The van der Waals surface area contributed by atoms with Crippen LogP contribution < -0.4 is 10.6 Å². The van der Waals surface area contributed by atoms with Gasteiger partial charge in [0.2, 0.25) is 0 Å². The summed E-state index contributed by atoms with van der Waals surface area (Å²) in [5, 5.41) is 6.23. The smallest absolute Gasteiger partial charge is 0.251 e. The van der Waals surface area contributed by atoms with Crippen LogP contribution in [0.3, 0.4) is 0 Å². The number of benzene rings is 2. The van der Waals surface area contributed by atoms with Crippen molar-refractivity contribution in [2.24, 2.45) is 0 Å². The molecule has 0 saturated heterocycles. The number of amides is 1. The number of aryl methyl sites for hydroxylation is 1. The highest BCUT2D eigenvalue weighted by Crippen LogP contribution is 2.10. The van der Waals surface area contributed by atoms with Crippen molar-refractivity contribution in [3.63, 3.8) is 0 Å². The van der Waals surface area contributed by atoms with Crippen LogP contribution in [0.2, 0.25) is 0 Å². The Morgan fingerprint density at radius 3 is 2.29 bits per heavy atom. The van der Waals surface area contributed by atoms with Crippen molar-refractivity contribution in [1.29, 1.82) is 0 Å². The fraction of sp³-hybridized carbons (Fsp3) is 0.278. The predicted octanol–water partition coefficient (Wildman–Crippen LogP) is 3.75. The average molecular weight is 282 g/mol. The quantitative estimate of drug-likeness (QED) is 0.847. The number of nitrogens with one attached hydrogen (secondary N) is 2. The van der Waals surface area contributed by atoms with Crippen molar-refractivity contribution in [2.45, 2.75) is 26.8 Å². The van der Waals surface area contributed by atoms with Crippen molar-refractivity contribution < 1.29 is 4.79 Å². The molecule has 1 amide bonds. The fourth-order valence-corrected chi connectivity index (χ4v) is 2.00. The van der Waals surface area contributed by atoms with E-state index in [0.717, 1.165) is 24.2 Å². The van der Waals surface area contributed by atoms with Gasteiger partial charge in [0.05, 0.1) is 0 Å². The third-order valence-electron chi connectivity index (χ3n) is 3.30. The molecule has 0 unspecified atom stereocenters. The van der Waals surface area contributed by atoms with Crippen LogP contribution in [-0.4, -0.2) is 12.5 Å². The Kier molecular flexibility index (Phi) is 5.38. The number of carbonyl (C=O) groups is 1. The van der Waals surface area contributed by atoms with E-state index in [1.807, 2.05) is 36.4 Å². The second-order valence-corrected chi connectivity index (χ2v) is 5.17. The van der Waals surface area contributed by atoms with Crippen LogP contribution in [-0.2, 0) is 6.54 Å². The van der Waals surface area contributed by atoms with Crippen LogP contribution in [0.25, 0.3) is 0 Å². The molecule has 0 bridgehead atoms. The molecule has 2 N–H and O–H groups in total. The Morgan fingerprint density at radius 1 is 1.00 bits per heavy atom. The van der Waals surface area contributed by atoms with Gasteiger partial charge in [-0.1, -0.05) is 36.8 Å². The van der Waals surface area contributed by atoms with E-state index in [1.165, 1.54) is 5.56 Å². The van der Waals surface area contributed by atoms with Gasteiger partial charge in [0.1, 0.15) is 0 Å². The molecule has 0 saturated carbocycles. The van der Waals surface area contributed by atoms with E-state index in [1.54, 1.807) is 0 Å². The maximum atomic E-state index is 12.1. The number of anilines is 1. The topological polar surface area (TPSA) is 41.1 Å². The number of carbonyl (C=O) groups excluding carboxylic acids is 1. The lowest BCUT2D eigenvalue weighted by molar-refractivity contribution is 0.0951. The highest BCUT2D eigenvalue weighted by atomic mass is 16.1. The molecule has 0 atom stereocenters. The molecule has 0 aromatic heterocycles. The van der Waals surface area contributed by atoms with Crippen molar-refractivity contribution in [3.8, 4) is 0 Å². The molecule has 0 aliphatic carbocycles. The Balaban J connectivity index is 1.89. The molecule has 0 aliphatic rings. The minimum Gasteiger partial charge on any atom is -0.385 e. The summed E-state index contributed by atoms with van der Waals surface area (Å²) < 4.78 is 0. The standard InChI is InChI=1S/C18H22N2O/c1-3-12-19-17-10-8-16(9-11-17)18(21)20-13-15-6-4-14(2)5-7-15/h4-11,19H,3,12-13H2,1-2H3,(H,20,21). The third-order valence-corrected chi connectivity index (χ3v) is 3.30. The summed E-state index contributed by atoms with van der Waals surface area (Å²) in [5.74, 6) is -0.0439. The normalized spacial score (nSPS) is 10.2. The first-order valence-electron chi connectivity index (χ1n) is 7.36. The Morgan fingerprint density at radius 2 is 1.67 bits per heavy atom. The Labute approximate surface area is 126 Å². The number of hydrogen-bond donors (Lipinski definition) is 2. The summed E-state index contributed by atoms with van der Waals surface area (Å²) in [5.41, 5.74) is 4.06. The summed E-state index contributed by atoms with van der Waals surface area (Å²) in [6.07, 6.45) is 1.08. The zero-order chi connectivity index (χ0) is 15.1. The van der Waals surface area contributed by atoms with Gasteiger partial charge in [-0.15, -0.1) is 0 Å². The van der Waals surface area contributed by atoms with Gasteiger partial charge < -0.3 is 10.6 Å². The number of hydrogen-bond acceptors (Lipinski definition) is 2. The zero-order valence-electron chi connectivity index (χ0n) is 12.6. The van der Waals surface area contributed by atoms with Crippen molar-refractivity contribution in [2.75, 3.05) is 11.9 Å². The Hall–Kier alpha value is -2.29. The minimum absolute atomic E-state index is 0.0439. The summed E-state index contributed by atoms with van der Waals surface area (Å²) in [7, 11) is 0. The van der Waals surface area contributed by atoms with Crippen molar-refractivity contribution in [3.05, 3.63) is 65.2 Å². The van der Waals surface area contributed by atoms with Crippen LogP contribution in [0.1, 0.15) is 34.8 Å². The zero-order valence-corrected chi connectivity index (χ0v) is 12.6.